The topological polar surface area (TPSA) is 98.2 Å². The van der Waals surface area contributed by atoms with Crippen molar-refractivity contribution in [2.75, 3.05) is 10.5 Å². The van der Waals surface area contributed by atoms with Crippen LogP contribution in [0.15, 0.2) is 56.9 Å². The van der Waals surface area contributed by atoms with Gasteiger partial charge in [-0.25, -0.2) is 13.4 Å². The smallest absolute Gasteiger partial charge is 0.271 e. The number of hydrogen-bond acceptors (Lipinski definition) is 6. The molecule has 0 bridgehead atoms. The first-order valence-electron chi connectivity index (χ1n) is 5.90. The van der Waals surface area contributed by atoms with Crippen molar-refractivity contribution < 1.29 is 12.8 Å². The van der Waals surface area contributed by atoms with Crippen molar-refractivity contribution in [2.24, 2.45) is 0 Å². The zero-order valence-electron chi connectivity index (χ0n) is 10.7. The van der Waals surface area contributed by atoms with Gasteiger partial charge in [0.25, 0.3) is 10.0 Å². The SMILES string of the molecule is Nc1csc(S(=O)(=O)Nc2ccc(-c3cnco3)cc2)c1. The number of benzene rings is 1. The Morgan fingerprint density at radius 1 is 1.24 bits per heavy atom. The van der Waals surface area contributed by atoms with Crippen LogP contribution < -0.4 is 10.5 Å². The second-order valence-corrected chi connectivity index (χ2v) is 7.07. The summed E-state index contributed by atoms with van der Waals surface area (Å²) < 4.78 is 32.1. The van der Waals surface area contributed by atoms with E-state index >= 15 is 0 Å². The minimum atomic E-state index is -3.61. The molecule has 21 heavy (non-hydrogen) atoms. The molecule has 8 heteroatoms. The maximum Gasteiger partial charge on any atom is 0.271 e. The van der Waals surface area contributed by atoms with Gasteiger partial charge in [-0.05, 0) is 30.3 Å². The molecular weight excluding hydrogens is 310 g/mol. The Morgan fingerprint density at radius 2 is 2.00 bits per heavy atom. The number of oxazole rings is 1. The van der Waals surface area contributed by atoms with Gasteiger partial charge in [0.15, 0.2) is 12.2 Å². The van der Waals surface area contributed by atoms with Crippen LogP contribution in [0.3, 0.4) is 0 Å². The summed E-state index contributed by atoms with van der Waals surface area (Å²) in [7, 11) is -3.61. The number of anilines is 2. The lowest BCUT2D eigenvalue weighted by molar-refractivity contribution is 0.572. The summed E-state index contributed by atoms with van der Waals surface area (Å²) in [6.07, 6.45) is 2.93. The van der Waals surface area contributed by atoms with Gasteiger partial charge in [0.2, 0.25) is 0 Å². The van der Waals surface area contributed by atoms with E-state index in [-0.39, 0.29) is 4.21 Å². The number of rotatable bonds is 4. The average Bonchev–Trinajstić information content (AvgIpc) is 3.10. The first-order chi connectivity index (χ1) is 10.0. The van der Waals surface area contributed by atoms with Crippen LogP contribution in [-0.4, -0.2) is 13.4 Å². The highest BCUT2D eigenvalue weighted by Gasteiger charge is 2.16. The summed E-state index contributed by atoms with van der Waals surface area (Å²) in [6, 6.07) is 8.25. The summed E-state index contributed by atoms with van der Waals surface area (Å²) in [5.41, 5.74) is 7.25. The van der Waals surface area contributed by atoms with Crippen molar-refractivity contribution in [1.29, 1.82) is 0 Å². The molecule has 0 aliphatic rings. The Hall–Kier alpha value is -2.32. The highest BCUT2D eigenvalue weighted by molar-refractivity contribution is 7.94. The third kappa shape index (κ3) is 2.91. The lowest BCUT2D eigenvalue weighted by Gasteiger charge is -2.06. The second-order valence-electron chi connectivity index (χ2n) is 4.25. The number of sulfonamides is 1. The molecule has 6 nitrogen and oxygen atoms in total. The predicted octanol–water partition coefficient (Wildman–Crippen LogP) is 2.79. The van der Waals surface area contributed by atoms with E-state index < -0.39 is 10.0 Å². The van der Waals surface area contributed by atoms with E-state index in [2.05, 4.69) is 9.71 Å². The first-order valence-corrected chi connectivity index (χ1v) is 8.27. The molecule has 0 aliphatic carbocycles. The zero-order valence-corrected chi connectivity index (χ0v) is 12.3. The molecular formula is C13H11N3O3S2. The van der Waals surface area contributed by atoms with Crippen LogP contribution in [0.25, 0.3) is 11.3 Å². The molecule has 0 atom stereocenters. The monoisotopic (exact) mass is 321 g/mol. The first kappa shape index (κ1) is 13.7. The fourth-order valence-corrected chi connectivity index (χ4v) is 3.88. The highest BCUT2D eigenvalue weighted by Crippen LogP contribution is 2.25. The van der Waals surface area contributed by atoms with Gasteiger partial charge in [-0.3, -0.25) is 4.72 Å². The number of nitrogens with two attached hydrogens (primary N) is 1. The number of nitrogens with one attached hydrogen (secondary N) is 1. The molecule has 0 amide bonds. The van der Waals surface area contributed by atoms with E-state index in [4.69, 9.17) is 10.2 Å². The Balaban J connectivity index is 1.82. The van der Waals surface area contributed by atoms with Crippen LogP contribution in [0.2, 0.25) is 0 Å². The molecule has 3 N–H and O–H groups in total. The lowest BCUT2D eigenvalue weighted by Crippen LogP contribution is -2.11. The summed E-state index contributed by atoms with van der Waals surface area (Å²) in [5.74, 6) is 0.621. The normalized spacial score (nSPS) is 11.4. The van der Waals surface area contributed by atoms with Crippen LogP contribution in [0, 0.1) is 0 Å². The molecule has 0 unspecified atom stereocenters. The zero-order chi connectivity index (χ0) is 14.9. The number of nitrogen functional groups attached to an aromatic ring is 1. The van der Waals surface area contributed by atoms with Crippen molar-refractivity contribution in [1.82, 2.24) is 4.98 Å². The van der Waals surface area contributed by atoms with Crippen LogP contribution in [0.4, 0.5) is 11.4 Å². The summed E-state index contributed by atoms with van der Waals surface area (Å²) >= 11 is 1.08. The molecule has 0 saturated carbocycles. The largest absolute Gasteiger partial charge is 0.444 e. The van der Waals surface area contributed by atoms with E-state index in [0.717, 1.165) is 16.9 Å². The summed E-state index contributed by atoms with van der Waals surface area (Å²) in [6.45, 7) is 0. The number of nitrogens with zero attached hydrogens (tertiary/aromatic N) is 1. The van der Waals surface area contributed by atoms with Crippen LogP contribution in [0.1, 0.15) is 0 Å². The third-order valence-corrected chi connectivity index (χ3v) is 5.55. The third-order valence-electron chi connectivity index (χ3n) is 2.71. The van der Waals surface area contributed by atoms with E-state index in [9.17, 15) is 8.42 Å². The van der Waals surface area contributed by atoms with Gasteiger partial charge in [-0.15, -0.1) is 11.3 Å². The maximum absolute atomic E-state index is 12.1. The van der Waals surface area contributed by atoms with Gasteiger partial charge in [-0.2, -0.15) is 0 Å². The molecule has 0 spiro atoms. The van der Waals surface area contributed by atoms with Gasteiger partial charge < -0.3 is 10.2 Å². The number of thiophene rings is 1. The van der Waals surface area contributed by atoms with Gasteiger partial charge in [0.05, 0.1) is 6.20 Å². The van der Waals surface area contributed by atoms with E-state index in [1.807, 2.05) is 0 Å². The predicted molar refractivity (Wildman–Crippen MR) is 81.5 cm³/mol. The fraction of sp³-hybridized carbons (Fsp3) is 0. The summed E-state index contributed by atoms with van der Waals surface area (Å²) in [5, 5.41) is 1.58. The molecule has 3 rings (SSSR count). The van der Waals surface area contributed by atoms with Crippen molar-refractivity contribution in [3.05, 3.63) is 48.3 Å². The Morgan fingerprint density at radius 3 is 2.57 bits per heavy atom. The Bertz CT molecular complexity index is 837. The second kappa shape index (κ2) is 5.23. The molecule has 0 radical (unpaired) electrons. The van der Waals surface area contributed by atoms with Gasteiger partial charge in [-0.1, -0.05) is 0 Å². The van der Waals surface area contributed by atoms with Crippen molar-refractivity contribution in [3.63, 3.8) is 0 Å². The van der Waals surface area contributed by atoms with Crippen molar-refractivity contribution in [2.45, 2.75) is 4.21 Å². The standard InChI is InChI=1S/C13H11N3O3S2/c14-10-5-13(20-7-10)21(17,18)16-11-3-1-9(2-4-11)12-6-15-8-19-12/h1-8,16H,14H2. The van der Waals surface area contributed by atoms with Gasteiger partial charge in [0, 0.05) is 22.3 Å². The number of aromatic nitrogens is 1. The molecule has 1 aromatic carbocycles. The van der Waals surface area contributed by atoms with E-state index in [1.165, 1.54) is 12.5 Å². The Labute approximate surface area is 125 Å². The molecule has 0 saturated heterocycles. The molecule has 3 aromatic rings. The highest BCUT2D eigenvalue weighted by atomic mass is 32.2. The van der Waals surface area contributed by atoms with E-state index in [1.54, 1.807) is 35.8 Å². The molecule has 0 aliphatic heterocycles. The fourth-order valence-electron chi connectivity index (χ4n) is 1.74. The quantitative estimate of drug-likeness (QED) is 0.770. The van der Waals surface area contributed by atoms with Crippen molar-refractivity contribution in [3.8, 4) is 11.3 Å². The van der Waals surface area contributed by atoms with Gasteiger partial charge in [0.1, 0.15) is 4.21 Å². The van der Waals surface area contributed by atoms with Crippen LogP contribution in [0.5, 0.6) is 0 Å². The van der Waals surface area contributed by atoms with Gasteiger partial charge >= 0.3 is 0 Å². The molecule has 0 fully saturated rings. The molecule has 2 aromatic heterocycles. The Kier molecular flexibility index (Phi) is 3.40. The number of hydrogen-bond donors (Lipinski definition) is 2. The average molecular weight is 321 g/mol. The van der Waals surface area contributed by atoms with Crippen LogP contribution >= 0.6 is 11.3 Å². The summed E-state index contributed by atoms with van der Waals surface area (Å²) in [4.78, 5) is 3.83. The molecule has 108 valence electrons. The van der Waals surface area contributed by atoms with Crippen LogP contribution in [-0.2, 0) is 10.0 Å². The lowest BCUT2D eigenvalue weighted by atomic mass is 10.2. The minimum Gasteiger partial charge on any atom is -0.444 e. The molecule has 2 heterocycles. The van der Waals surface area contributed by atoms with E-state index in [0.29, 0.717) is 17.1 Å². The maximum atomic E-state index is 12.1. The van der Waals surface area contributed by atoms with Crippen molar-refractivity contribution >= 4 is 32.7 Å². The minimum absolute atomic E-state index is 0.180.